The molecule has 1 aliphatic carbocycles. The lowest BCUT2D eigenvalue weighted by atomic mass is 9.90. The lowest BCUT2D eigenvalue weighted by Gasteiger charge is -2.46. The molecule has 194 valence electrons. The molecule has 34 heavy (non-hydrogen) atoms. The first-order chi connectivity index (χ1) is 15.6. The van der Waals surface area contributed by atoms with Crippen LogP contribution in [0.25, 0.3) is 0 Å². The van der Waals surface area contributed by atoms with Gasteiger partial charge in [0, 0.05) is 5.92 Å². The second-order valence-electron chi connectivity index (χ2n) is 11.9. The molecule has 1 aliphatic heterocycles. The van der Waals surface area contributed by atoms with Crippen LogP contribution in [0.3, 0.4) is 0 Å². The first-order valence-corrected chi connectivity index (χ1v) is 15.4. The Kier molecular flexibility index (Phi) is 8.93. The monoisotopic (exact) mass is 495 g/mol. The number of nitrogens with zero attached hydrogens (tertiary/aromatic N) is 1. The fraction of sp³-hybridized carbons (Fsp3) is 0.846. The van der Waals surface area contributed by atoms with E-state index in [1.54, 1.807) is 4.90 Å². The molecule has 2 aliphatic rings. The zero-order chi connectivity index (χ0) is 25.9. The number of rotatable bonds is 5. The van der Waals surface area contributed by atoms with Crippen LogP contribution in [-0.2, 0) is 23.4 Å². The molecule has 0 aromatic heterocycles. The number of ether oxygens (including phenoxy) is 3. The quantitative estimate of drug-likeness (QED) is 0.217. The molecule has 7 nitrogen and oxygen atoms in total. The highest BCUT2D eigenvalue weighted by Gasteiger charge is 2.55. The van der Waals surface area contributed by atoms with Gasteiger partial charge in [0.1, 0.15) is 17.4 Å². The van der Waals surface area contributed by atoms with Gasteiger partial charge in [-0.1, -0.05) is 40.0 Å². The van der Waals surface area contributed by atoms with Gasteiger partial charge in [-0.2, -0.15) is 0 Å². The highest BCUT2D eigenvalue weighted by molar-refractivity contribution is 6.74. The van der Waals surface area contributed by atoms with Crippen molar-refractivity contribution in [3.63, 3.8) is 0 Å². The van der Waals surface area contributed by atoms with E-state index in [1.165, 1.54) is 7.11 Å². The Bertz CT molecular complexity index is 798. The van der Waals surface area contributed by atoms with Crippen LogP contribution in [0.1, 0.15) is 80.6 Å². The molecule has 1 spiro atoms. The van der Waals surface area contributed by atoms with Gasteiger partial charge in [-0.3, -0.25) is 4.90 Å². The van der Waals surface area contributed by atoms with E-state index in [-0.39, 0.29) is 11.6 Å². The van der Waals surface area contributed by atoms with E-state index < -0.39 is 43.9 Å². The Labute approximate surface area is 207 Å². The number of esters is 1. The Morgan fingerprint density at radius 1 is 1.09 bits per heavy atom. The number of carbonyl (C=O) groups excluding carboxylic acids is 2. The second-order valence-corrected chi connectivity index (χ2v) is 16.5. The highest BCUT2D eigenvalue weighted by atomic mass is 28.4. The van der Waals surface area contributed by atoms with Crippen LogP contribution in [0.4, 0.5) is 4.79 Å². The molecule has 2 atom stereocenters. The van der Waals surface area contributed by atoms with Crippen LogP contribution in [0.15, 0.2) is 0 Å². The summed E-state index contributed by atoms with van der Waals surface area (Å²) in [7, 11) is -1.07. The van der Waals surface area contributed by atoms with Crippen molar-refractivity contribution < 1.29 is 28.2 Å². The van der Waals surface area contributed by atoms with Gasteiger partial charge in [0.25, 0.3) is 0 Å². The molecule has 2 fully saturated rings. The van der Waals surface area contributed by atoms with Crippen molar-refractivity contribution in [2.75, 3.05) is 13.7 Å². The molecular weight excluding hydrogens is 450 g/mol. The molecule has 0 N–H and O–H groups in total. The summed E-state index contributed by atoms with van der Waals surface area (Å²) < 4.78 is 23.8. The average Bonchev–Trinajstić information content (AvgIpc) is 3.08. The SMILES string of the molecule is COC(=O)C#CC(O[Si](C)(C)C(C)(C)C(C)C)C1COC2(CCCCC2)N1C(=O)OC(C)(C)C. The molecule has 8 heteroatoms. The third-order valence-corrected chi connectivity index (χ3v) is 12.3. The molecule has 1 saturated carbocycles. The van der Waals surface area contributed by atoms with Crippen molar-refractivity contribution in [1.82, 2.24) is 4.90 Å². The number of methoxy groups -OCH3 is 1. The summed E-state index contributed by atoms with van der Waals surface area (Å²) in [5.41, 5.74) is -1.37. The van der Waals surface area contributed by atoms with Gasteiger partial charge in [0.05, 0.1) is 19.8 Å². The van der Waals surface area contributed by atoms with Gasteiger partial charge in [0.2, 0.25) is 0 Å². The van der Waals surface area contributed by atoms with Gasteiger partial charge >= 0.3 is 12.1 Å². The van der Waals surface area contributed by atoms with Gasteiger partial charge in [0.15, 0.2) is 8.32 Å². The summed E-state index contributed by atoms with van der Waals surface area (Å²) >= 11 is 0. The fourth-order valence-corrected chi connectivity index (χ4v) is 7.11. The van der Waals surface area contributed by atoms with E-state index in [4.69, 9.17) is 18.6 Å². The van der Waals surface area contributed by atoms with Crippen molar-refractivity contribution in [2.45, 2.75) is 122 Å². The summed E-state index contributed by atoms with van der Waals surface area (Å²) in [5, 5.41) is -0.0725. The van der Waals surface area contributed by atoms with Crippen molar-refractivity contribution in [2.24, 2.45) is 5.92 Å². The lowest BCUT2D eigenvalue weighted by molar-refractivity contribution is -0.133. The zero-order valence-corrected chi connectivity index (χ0v) is 23.9. The molecule has 1 saturated heterocycles. The summed E-state index contributed by atoms with van der Waals surface area (Å²) in [5.74, 6) is 5.32. The largest absolute Gasteiger partial charge is 0.459 e. The van der Waals surface area contributed by atoms with Crippen LogP contribution in [0.5, 0.6) is 0 Å². The molecule has 1 amide bonds. The van der Waals surface area contributed by atoms with Crippen molar-refractivity contribution >= 4 is 20.4 Å². The number of carbonyl (C=O) groups is 2. The van der Waals surface area contributed by atoms with Gasteiger partial charge in [-0.25, -0.2) is 9.59 Å². The van der Waals surface area contributed by atoms with Crippen LogP contribution in [0.2, 0.25) is 18.1 Å². The maximum Gasteiger partial charge on any atom is 0.413 e. The summed E-state index contributed by atoms with van der Waals surface area (Å²) in [6.07, 6.45) is 3.44. The lowest BCUT2D eigenvalue weighted by Crippen LogP contribution is -2.58. The van der Waals surface area contributed by atoms with E-state index in [1.807, 2.05) is 20.8 Å². The van der Waals surface area contributed by atoms with Gasteiger partial charge < -0.3 is 18.6 Å². The Hall–Kier alpha value is -1.56. The summed E-state index contributed by atoms with van der Waals surface area (Å²) in [6, 6.07) is -0.486. The smallest absolute Gasteiger partial charge is 0.413 e. The average molecular weight is 496 g/mol. The predicted molar refractivity (Wildman–Crippen MR) is 135 cm³/mol. The maximum atomic E-state index is 13.6. The molecule has 0 bridgehead atoms. The van der Waals surface area contributed by atoms with E-state index in [0.29, 0.717) is 5.92 Å². The zero-order valence-electron chi connectivity index (χ0n) is 22.9. The van der Waals surface area contributed by atoms with Crippen LogP contribution in [0, 0.1) is 17.8 Å². The summed E-state index contributed by atoms with van der Waals surface area (Å²) in [6.45, 7) is 19.0. The molecular formula is C26H45NO6Si. The first-order valence-electron chi connectivity index (χ1n) is 12.5. The third-order valence-electron chi connectivity index (χ3n) is 7.79. The number of hydrogen-bond donors (Lipinski definition) is 0. The molecule has 0 radical (unpaired) electrons. The maximum absolute atomic E-state index is 13.6. The predicted octanol–water partition coefficient (Wildman–Crippen LogP) is 5.49. The summed E-state index contributed by atoms with van der Waals surface area (Å²) in [4.78, 5) is 27.2. The topological polar surface area (TPSA) is 74.3 Å². The second kappa shape index (κ2) is 10.6. The molecule has 0 aromatic rings. The van der Waals surface area contributed by atoms with Crippen molar-refractivity contribution in [3.05, 3.63) is 0 Å². The molecule has 2 rings (SSSR count). The normalized spacial score (nSPS) is 21.7. The number of hydrogen-bond acceptors (Lipinski definition) is 6. The minimum absolute atomic E-state index is 0.0725. The van der Waals surface area contributed by atoms with E-state index >= 15 is 0 Å². The van der Waals surface area contributed by atoms with Crippen LogP contribution < -0.4 is 0 Å². The van der Waals surface area contributed by atoms with Gasteiger partial charge in [-0.05, 0) is 70.5 Å². The van der Waals surface area contributed by atoms with Crippen molar-refractivity contribution in [3.8, 4) is 11.8 Å². The van der Waals surface area contributed by atoms with E-state index in [2.05, 4.69) is 52.6 Å². The highest BCUT2D eigenvalue weighted by Crippen LogP contribution is 2.47. The van der Waals surface area contributed by atoms with Gasteiger partial charge in [-0.15, -0.1) is 0 Å². The Morgan fingerprint density at radius 3 is 2.18 bits per heavy atom. The molecule has 0 aromatic carbocycles. The van der Waals surface area contributed by atoms with E-state index in [9.17, 15) is 9.59 Å². The van der Waals surface area contributed by atoms with Crippen molar-refractivity contribution in [1.29, 1.82) is 0 Å². The van der Waals surface area contributed by atoms with E-state index in [0.717, 1.165) is 32.1 Å². The standard InChI is InChI=1S/C26H45NO6Si/c1-19(2)25(6,7)34(9,10)33-21(14-15-22(28)30-8)20-18-31-26(16-12-11-13-17-26)27(20)23(29)32-24(3,4)5/h19-21H,11-13,16-18H2,1-10H3. The Balaban J connectivity index is 2.51. The molecule has 2 unspecified atom stereocenters. The first kappa shape index (κ1) is 28.7. The minimum Gasteiger partial charge on any atom is -0.459 e. The fourth-order valence-electron chi connectivity index (χ4n) is 4.56. The Morgan fingerprint density at radius 2 is 1.68 bits per heavy atom. The molecule has 1 heterocycles. The van der Waals surface area contributed by atoms with Crippen LogP contribution >= 0.6 is 0 Å². The minimum atomic E-state index is -2.37. The van der Waals surface area contributed by atoms with Crippen LogP contribution in [-0.4, -0.2) is 62.5 Å². The number of amides is 1. The third kappa shape index (κ3) is 6.35.